The number of hydrogen-bond donors (Lipinski definition) is 3. The Morgan fingerprint density at radius 1 is 1.27 bits per heavy atom. The predicted octanol–water partition coefficient (Wildman–Crippen LogP) is 1.72. The molecule has 0 bridgehead atoms. The summed E-state index contributed by atoms with van der Waals surface area (Å²) in [4.78, 5) is 21.1. The molecule has 1 aromatic heterocycles. The van der Waals surface area contributed by atoms with Crippen LogP contribution in [0.25, 0.3) is 11.0 Å². The molecule has 158 valence electrons. The smallest absolute Gasteiger partial charge is 0.344 e. The molecule has 0 radical (unpaired) electrons. The van der Waals surface area contributed by atoms with E-state index in [0.29, 0.717) is 34.5 Å². The Hall–Kier alpha value is -2.77. The topological polar surface area (TPSA) is 117 Å². The number of halogens is 3. The van der Waals surface area contributed by atoms with Crippen LogP contribution in [-0.4, -0.2) is 41.2 Å². The van der Waals surface area contributed by atoms with E-state index in [4.69, 9.17) is 5.73 Å². The number of nitrogens with one attached hydrogen (secondary N) is 2. The van der Waals surface area contributed by atoms with Crippen molar-refractivity contribution in [3.63, 3.8) is 0 Å². The molecule has 1 aliphatic heterocycles. The Morgan fingerprint density at radius 2 is 1.97 bits per heavy atom. The summed E-state index contributed by atoms with van der Waals surface area (Å²) in [5, 5.41) is 15.3. The number of nitrogens with two attached hydrogens (primary N) is 1. The fourth-order valence-corrected chi connectivity index (χ4v) is 4.33. The first-order chi connectivity index (χ1) is 14.2. The number of nitriles is 1. The zero-order chi connectivity index (χ0) is 21.5. The molecule has 2 aliphatic rings. The second-order valence-corrected chi connectivity index (χ2v) is 8.05. The zero-order valence-corrected chi connectivity index (χ0v) is 16.0. The Morgan fingerprint density at radius 3 is 2.60 bits per heavy atom. The van der Waals surface area contributed by atoms with Gasteiger partial charge in [0.2, 0.25) is 5.91 Å². The van der Waals surface area contributed by atoms with Crippen LogP contribution in [0.15, 0.2) is 24.5 Å². The first kappa shape index (κ1) is 20.5. The van der Waals surface area contributed by atoms with Crippen LogP contribution in [-0.2, 0) is 10.3 Å². The van der Waals surface area contributed by atoms with Crippen molar-refractivity contribution in [2.24, 2.45) is 17.6 Å². The van der Waals surface area contributed by atoms with Crippen molar-refractivity contribution in [2.75, 3.05) is 13.1 Å². The number of alkyl halides is 3. The maximum atomic E-state index is 13.1. The lowest BCUT2D eigenvalue weighted by molar-refractivity contribution is -0.164. The highest BCUT2D eigenvalue weighted by molar-refractivity contribution is 5.87. The minimum atomic E-state index is -4.85. The van der Waals surface area contributed by atoms with Gasteiger partial charge in [-0.15, -0.1) is 0 Å². The van der Waals surface area contributed by atoms with Crippen molar-refractivity contribution in [3.05, 3.63) is 35.7 Å². The number of piperidine rings is 1. The lowest BCUT2D eigenvalue weighted by atomic mass is 9.75. The van der Waals surface area contributed by atoms with Crippen molar-refractivity contribution < 1.29 is 18.0 Å². The molecule has 1 saturated heterocycles. The molecule has 2 heterocycles. The Bertz CT molecular complexity index is 1020. The van der Waals surface area contributed by atoms with Crippen LogP contribution >= 0.6 is 0 Å². The van der Waals surface area contributed by atoms with Gasteiger partial charge in [-0.3, -0.25) is 14.8 Å². The molecular weight excluding hydrogens is 397 g/mol. The minimum absolute atomic E-state index is 0.198. The van der Waals surface area contributed by atoms with Gasteiger partial charge in [0.15, 0.2) is 6.04 Å². The summed E-state index contributed by atoms with van der Waals surface area (Å²) >= 11 is 0. The number of carbonyl (C=O) groups is 1. The second-order valence-electron chi connectivity index (χ2n) is 8.05. The van der Waals surface area contributed by atoms with E-state index in [0.717, 1.165) is 19.4 Å². The standard InChI is InChI=1S/C20H21F3N6O/c21-20(22,23)17(25)18(30)29-19(7-13(9-26-10-19)11-1-2-11)14-4-3-12(8-24)15-16(14)28-6-5-27-15/h3-6,11,13,17,26H,1-2,7,9-10,25H2,(H,29,30)/t13-,17-,19-/m1/s1. The molecular formula is C20H21F3N6O. The summed E-state index contributed by atoms with van der Waals surface area (Å²) in [5.74, 6) is -0.619. The molecule has 0 unspecified atom stereocenters. The van der Waals surface area contributed by atoms with E-state index in [1.165, 1.54) is 12.4 Å². The van der Waals surface area contributed by atoms with Crippen LogP contribution in [0.4, 0.5) is 13.2 Å². The highest BCUT2D eigenvalue weighted by Crippen LogP contribution is 2.45. The van der Waals surface area contributed by atoms with Gasteiger partial charge < -0.3 is 16.4 Å². The normalized spacial score (nSPS) is 25.5. The van der Waals surface area contributed by atoms with Gasteiger partial charge in [-0.25, -0.2) is 0 Å². The van der Waals surface area contributed by atoms with Crippen LogP contribution in [0.2, 0.25) is 0 Å². The van der Waals surface area contributed by atoms with Gasteiger partial charge in [-0.2, -0.15) is 18.4 Å². The first-order valence-corrected chi connectivity index (χ1v) is 9.74. The predicted molar refractivity (Wildman–Crippen MR) is 102 cm³/mol. The fourth-order valence-electron chi connectivity index (χ4n) is 4.33. The van der Waals surface area contributed by atoms with Gasteiger partial charge in [0.25, 0.3) is 0 Å². The fraction of sp³-hybridized carbons (Fsp3) is 0.500. The number of hydrogen-bond acceptors (Lipinski definition) is 6. The first-order valence-electron chi connectivity index (χ1n) is 9.74. The SMILES string of the molecule is N#Cc1ccc([C@]2(NC(=O)[C@@H](N)C(F)(F)F)CNC[C@H](C3CC3)C2)c2nccnc12. The number of aromatic nitrogens is 2. The molecule has 1 aromatic carbocycles. The highest BCUT2D eigenvalue weighted by atomic mass is 19.4. The van der Waals surface area contributed by atoms with Gasteiger partial charge in [-0.1, -0.05) is 6.07 Å². The monoisotopic (exact) mass is 418 g/mol. The summed E-state index contributed by atoms with van der Waals surface area (Å²) in [6, 6.07) is 2.63. The van der Waals surface area contributed by atoms with Crippen molar-refractivity contribution in [1.29, 1.82) is 5.26 Å². The second kappa shape index (κ2) is 7.49. The third kappa shape index (κ3) is 3.70. The van der Waals surface area contributed by atoms with Crippen LogP contribution in [0.1, 0.15) is 30.4 Å². The quantitative estimate of drug-likeness (QED) is 0.696. The van der Waals surface area contributed by atoms with Gasteiger partial charge in [-0.05, 0) is 43.7 Å². The van der Waals surface area contributed by atoms with E-state index in [-0.39, 0.29) is 12.5 Å². The van der Waals surface area contributed by atoms with E-state index >= 15 is 0 Å². The average molecular weight is 418 g/mol. The number of fused-ring (bicyclic) bond motifs is 1. The molecule has 4 rings (SSSR count). The number of amides is 1. The summed E-state index contributed by atoms with van der Waals surface area (Å²) in [6.07, 6.45) is 0.634. The molecule has 2 aromatic rings. The molecule has 2 fully saturated rings. The zero-order valence-electron chi connectivity index (χ0n) is 16.0. The van der Waals surface area contributed by atoms with Gasteiger partial charge in [0.05, 0.1) is 16.6 Å². The lowest BCUT2D eigenvalue weighted by Crippen LogP contribution is -2.62. The van der Waals surface area contributed by atoms with Crippen molar-refractivity contribution >= 4 is 16.9 Å². The van der Waals surface area contributed by atoms with E-state index in [1.807, 2.05) is 0 Å². The highest BCUT2D eigenvalue weighted by Gasteiger charge is 2.49. The summed E-state index contributed by atoms with van der Waals surface area (Å²) < 4.78 is 39.3. The lowest BCUT2D eigenvalue weighted by Gasteiger charge is -2.43. The number of benzene rings is 1. The Kier molecular flexibility index (Phi) is 5.11. The number of nitrogens with zero attached hydrogens (tertiary/aromatic N) is 3. The molecule has 1 saturated carbocycles. The maximum absolute atomic E-state index is 13.1. The molecule has 1 amide bonds. The molecule has 4 N–H and O–H groups in total. The summed E-state index contributed by atoms with van der Waals surface area (Å²) in [6.45, 7) is 0.956. The van der Waals surface area contributed by atoms with Crippen LogP contribution in [0.3, 0.4) is 0 Å². The molecule has 3 atom stereocenters. The third-order valence-electron chi connectivity index (χ3n) is 5.99. The third-order valence-corrected chi connectivity index (χ3v) is 5.99. The van der Waals surface area contributed by atoms with Crippen LogP contribution in [0.5, 0.6) is 0 Å². The van der Waals surface area contributed by atoms with Crippen LogP contribution in [0, 0.1) is 23.2 Å². The van der Waals surface area contributed by atoms with Gasteiger partial charge in [0, 0.05) is 24.5 Å². The van der Waals surface area contributed by atoms with E-state index in [2.05, 4.69) is 26.7 Å². The van der Waals surface area contributed by atoms with Crippen molar-refractivity contribution in [2.45, 2.75) is 37.0 Å². The minimum Gasteiger partial charge on any atom is -0.344 e. The largest absolute Gasteiger partial charge is 0.412 e. The van der Waals surface area contributed by atoms with Crippen molar-refractivity contribution in [1.82, 2.24) is 20.6 Å². The van der Waals surface area contributed by atoms with Crippen molar-refractivity contribution in [3.8, 4) is 6.07 Å². The van der Waals surface area contributed by atoms with E-state index in [9.17, 15) is 23.2 Å². The Balaban J connectivity index is 1.81. The molecule has 1 aliphatic carbocycles. The summed E-state index contributed by atoms with van der Waals surface area (Å²) in [5.41, 5.74) is 5.61. The average Bonchev–Trinajstić information content (AvgIpc) is 3.57. The molecule has 7 nitrogen and oxygen atoms in total. The van der Waals surface area contributed by atoms with Gasteiger partial charge in [0.1, 0.15) is 11.6 Å². The van der Waals surface area contributed by atoms with E-state index < -0.39 is 23.7 Å². The van der Waals surface area contributed by atoms with E-state index in [1.54, 1.807) is 12.1 Å². The molecule has 0 spiro atoms. The maximum Gasteiger partial charge on any atom is 0.412 e. The Labute approximate surface area is 170 Å². The number of rotatable bonds is 4. The molecule has 30 heavy (non-hydrogen) atoms. The van der Waals surface area contributed by atoms with Crippen LogP contribution < -0.4 is 16.4 Å². The number of carbonyl (C=O) groups excluding carboxylic acids is 1. The molecule has 10 heteroatoms. The summed E-state index contributed by atoms with van der Waals surface area (Å²) in [7, 11) is 0. The van der Waals surface area contributed by atoms with Gasteiger partial charge >= 0.3 is 6.18 Å².